The molecule has 0 saturated heterocycles. The van der Waals surface area contributed by atoms with Gasteiger partial charge >= 0.3 is 5.97 Å². The van der Waals surface area contributed by atoms with Crippen LogP contribution in [0.3, 0.4) is 0 Å². The van der Waals surface area contributed by atoms with Gasteiger partial charge in [0.25, 0.3) is 0 Å². The van der Waals surface area contributed by atoms with E-state index in [0.29, 0.717) is 17.1 Å². The van der Waals surface area contributed by atoms with E-state index in [1.54, 1.807) is 31.2 Å². The van der Waals surface area contributed by atoms with Gasteiger partial charge in [0.05, 0.1) is 0 Å². The van der Waals surface area contributed by atoms with E-state index in [9.17, 15) is 9.59 Å². The lowest BCUT2D eigenvalue weighted by Gasteiger charge is -2.07. The molecule has 1 aromatic rings. The molecule has 0 aliphatic rings. The molecule has 0 saturated carbocycles. The van der Waals surface area contributed by atoms with Crippen LogP contribution < -0.4 is 15.8 Å². The smallest absolute Gasteiger partial charge is 0.332 e. The molecule has 0 unspecified atom stereocenters. The number of allylic oxidation sites excluding steroid dienone is 1. The summed E-state index contributed by atoms with van der Waals surface area (Å²) >= 11 is 0. The average Bonchev–Trinajstić information content (AvgIpc) is 2.35. The summed E-state index contributed by atoms with van der Waals surface area (Å²) in [6.45, 7) is 3.42. The SMILES string of the molecule is CC(=O)Nc1ccc(OCCOC(=O)C=C(C)N)cc1. The Labute approximate surface area is 117 Å². The van der Waals surface area contributed by atoms with Crippen molar-refractivity contribution in [2.75, 3.05) is 18.5 Å². The predicted molar refractivity (Wildman–Crippen MR) is 75.1 cm³/mol. The Kier molecular flexibility index (Phi) is 6.09. The molecule has 6 heteroatoms. The molecule has 1 amide bonds. The van der Waals surface area contributed by atoms with E-state index in [-0.39, 0.29) is 19.1 Å². The van der Waals surface area contributed by atoms with Crippen LogP contribution in [0, 0.1) is 0 Å². The van der Waals surface area contributed by atoms with Gasteiger partial charge in [-0.3, -0.25) is 4.79 Å². The molecular weight excluding hydrogens is 260 g/mol. The van der Waals surface area contributed by atoms with Crippen LogP contribution in [0.5, 0.6) is 5.75 Å². The largest absolute Gasteiger partial charge is 0.490 e. The maximum atomic E-state index is 11.1. The van der Waals surface area contributed by atoms with Crippen molar-refractivity contribution in [1.82, 2.24) is 0 Å². The molecule has 0 aliphatic carbocycles. The van der Waals surface area contributed by atoms with Crippen LogP contribution in [0.4, 0.5) is 5.69 Å². The van der Waals surface area contributed by atoms with E-state index >= 15 is 0 Å². The van der Waals surface area contributed by atoms with Gasteiger partial charge in [-0.05, 0) is 31.2 Å². The number of anilines is 1. The number of benzene rings is 1. The van der Waals surface area contributed by atoms with Crippen LogP contribution in [0.25, 0.3) is 0 Å². The Morgan fingerprint density at radius 2 is 1.85 bits per heavy atom. The van der Waals surface area contributed by atoms with E-state index < -0.39 is 5.97 Å². The van der Waals surface area contributed by atoms with Crippen LogP contribution >= 0.6 is 0 Å². The fraction of sp³-hybridized carbons (Fsp3) is 0.286. The van der Waals surface area contributed by atoms with Gasteiger partial charge in [0.2, 0.25) is 5.91 Å². The first kappa shape index (κ1) is 15.6. The zero-order valence-electron chi connectivity index (χ0n) is 11.5. The molecule has 0 bridgehead atoms. The van der Waals surface area contributed by atoms with Crippen LogP contribution in [-0.2, 0) is 14.3 Å². The van der Waals surface area contributed by atoms with Gasteiger partial charge < -0.3 is 20.5 Å². The van der Waals surface area contributed by atoms with Crippen molar-refractivity contribution in [1.29, 1.82) is 0 Å². The highest BCUT2D eigenvalue weighted by Gasteiger charge is 2.00. The van der Waals surface area contributed by atoms with Gasteiger partial charge in [0, 0.05) is 24.4 Å². The van der Waals surface area contributed by atoms with Crippen molar-refractivity contribution in [3.05, 3.63) is 36.0 Å². The molecule has 0 spiro atoms. The fourth-order valence-electron chi connectivity index (χ4n) is 1.37. The highest BCUT2D eigenvalue weighted by molar-refractivity contribution is 5.88. The van der Waals surface area contributed by atoms with Crippen molar-refractivity contribution in [3.8, 4) is 5.75 Å². The van der Waals surface area contributed by atoms with E-state index in [2.05, 4.69) is 5.32 Å². The fourth-order valence-corrected chi connectivity index (χ4v) is 1.37. The highest BCUT2D eigenvalue weighted by atomic mass is 16.6. The minimum Gasteiger partial charge on any atom is -0.490 e. The topological polar surface area (TPSA) is 90.6 Å². The van der Waals surface area contributed by atoms with Crippen molar-refractivity contribution >= 4 is 17.6 Å². The Bertz CT molecular complexity index is 490. The van der Waals surface area contributed by atoms with Gasteiger partial charge in [-0.1, -0.05) is 0 Å². The summed E-state index contributed by atoms with van der Waals surface area (Å²) < 4.78 is 10.3. The summed E-state index contributed by atoms with van der Waals surface area (Å²) in [6, 6.07) is 6.89. The number of carbonyl (C=O) groups is 2. The van der Waals surface area contributed by atoms with Crippen molar-refractivity contribution in [3.63, 3.8) is 0 Å². The first-order valence-corrected chi connectivity index (χ1v) is 6.08. The molecule has 6 nitrogen and oxygen atoms in total. The van der Waals surface area contributed by atoms with Crippen LogP contribution in [0.2, 0.25) is 0 Å². The number of carbonyl (C=O) groups excluding carboxylic acids is 2. The maximum Gasteiger partial charge on any atom is 0.332 e. The molecule has 3 N–H and O–H groups in total. The molecule has 0 heterocycles. The van der Waals surface area contributed by atoms with E-state index in [4.69, 9.17) is 15.2 Å². The average molecular weight is 278 g/mol. The van der Waals surface area contributed by atoms with Crippen LogP contribution in [0.1, 0.15) is 13.8 Å². The quantitative estimate of drug-likeness (QED) is 0.466. The van der Waals surface area contributed by atoms with Crippen LogP contribution in [0.15, 0.2) is 36.0 Å². The number of nitrogens with two attached hydrogens (primary N) is 1. The minimum atomic E-state index is -0.491. The zero-order chi connectivity index (χ0) is 15.0. The normalized spacial score (nSPS) is 10.8. The third-order valence-electron chi connectivity index (χ3n) is 2.12. The predicted octanol–water partition coefficient (Wildman–Crippen LogP) is 1.43. The number of esters is 1. The Hall–Kier alpha value is -2.50. The second kappa shape index (κ2) is 7.83. The molecule has 1 aromatic carbocycles. The standard InChI is InChI=1S/C14H18N2O4/c1-10(15)9-14(18)20-8-7-19-13-5-3-12(4-6-13)16-11(2)17/h3-6,9H,7-8,15H2,1-2H3,(H,16,17). The molecular formula is C14H18N2O4. The highest BCUT2D eigenvalue weighted by Crippen LogP contribution is 2.15. The molecule has 0 atom stereocenters. The molecule has 20 heavy (non-hydrogen) atoms. The number of rotatable bonds is 6. The first-order chi connectivity index (χ1) is 9.47. The lowest BCUT2D eigenvalue weighted by Crippen LogP contribution is -2.11. The zero-order valence-corrected chi connectivity index (χ0v) is 11.5. The second-order valence-corrected chi connectivity index (χ2v) is 4.11. The van der Waals surface area contributed by atoms with Crippen LogP contribution in [-0.4, -0.2) is 25.1 Å². The summed E-state index contributed by atoms with van der Waals surface area (Å²) in [5, 5.41) is 2.65. The summed E-state index contributed by atoms with van der Waals surface area (Å²) in [5.41, 5.74) is 6.42. The summed E-state index contributed by atoms with van der Waals surface area (Å²) in [4.78, 5) is 22.0. The maximum absolute atomic E-state index is 11.1. The Balaban J connectivity index is 2.30. The van der Waals surface area contributed by atoms with E-state index in [1.165, 1.54) is 13.0 Å². The van der Waals surface area contributed by atoms with Crippen molar-refractivity contribution < 1.29 is 19.1 Å². The first-order valence-electron chi connectivity index (χ1n) is 6.08. The van der Waals surface area contributed by atoms with Gasteiger partial charge in [-0.25, -0.2) is 4.79 Å². The molecule has 0 radical (unpaired) electrons. The Morgan fingerprint density at radius 1 is 1.20 bits per heavy atom. The monoisotopic (exact) mass is 278 g/mol. The summed E-state index contributed by atoms with van der Waals surface area (Å²) in [7, 11) is 0. The molecule has 0 aliphatic heterocycles. The third kappa shape index (κ3) is 6.44. The molecule has 1 rings (SSSR count). The van der Waals surface area contributed by atoms with Gasteiger partial charge in [0.1, 0.15) is 19.0 Å². The van der Waals surface area contributed by atoms with Gasteiger partial charge in [-0.2, -0.15) is 0 Å². The third-order valence-corrected chi connectivity index (χ3v) is 2.12. The molecule has 0 fully saturated rings. The van der Waals surface area contributed by atoms with Gasteiger partial charge in [-0.15, -0.1) is 0 Å². The van der Waals surface area contributed by atoms with E-state index in [1.807, 2.05) is 0 Å². The van der Waals surface area contributed by atoms with Crippen molar-refractivity contribution in [2.45, 2.75) is 13.8 Å². The summed E-state index contributed by atoms with van der Waals surface area (Å²) in [6.07, 6.45) is 1.21. The Morgan fingerprint density at radius 3 is 2.40 bits per heavy atom. The molecule has 0 aromatic heterocycles. The minimum absolute atomic E-state index is 0.131. The number of ether oxygens (including phenoxy) is 2. The number of nitrogens with one attached hydrogen (secondary N) is 1. The summed E-state index contributed by atoms with van der Waals surface area (Å²) in [5.74, 6) is 0.00383. The lowest BCUT2D eigenvalue weighted by molar-refractivity contribution is -0.138. The number of amides is 1. The number of hydrogen-bond donors (Lipinski definition) is 2. The van der Waals surface area contributed by atoms with Crippen molar-refractivity contribution in [2.24, 2.45) is 5.73 Å². The van der Waals surface area contributed by atoms with Gasteiger partial charge in [0.15, 0.2) is 0 Å². The molecule has 108 valence electrons. The second-order valence-electron chi connectivity index (χ2n) is 4.11. The van der Waals surface area contributed by atoms with E-state index in [0.717, 1.165) is 0 Å². The lowest BCUT2D eigenvalue weighted by atomic mass is 10.3. The number of hydrogen-bond acceptors (Lipinski definition) is 5.